The quantitative estimate of drug-likeness (QED) is 0.773. The Labute approximate surface area is 129 Å². The number of hydrogen-bond acceptors (Lipinski definition) is 4. The molecule has 3 rings (SSSR count). The molecule has 7 heteroatoms. The van der Waals surface area contributed by atoms with E-state index in [2.05, 4.69) is 10.4 Å². The molecule has 3 N–H and O–H groups in total. The molecule has 7 nitrogen and oxygen atoms in total. The summed E-state index contributed by atoms with van der Waals surface area (Å²) in [5.41, 5.74) is 6.35. The van der Waals surface area contributed by atoms with Gasteiger partial charge in [0.25, 0.3) is 0 Å². The molecule has 1 aromatic rings. The number of likely N-dealkylation sites (tertiary alicyclic amines) is 1. The van der Waals surface area contributed by atoms with Gasteiger partial charge in [0.2, 0.25) is 11.8 Å². The monoisotopic (exact) mass is 305 g/mol. The second-order valence-electron chi connectivity index (χ2n) is 6.42. The van der Waals surface area contributed by atoms with E-state index in [0.29, 0.717) is 12.5 Å². The molecule has 2 fully saturated rings. The van der Waals surface area contributed by atoms with Crippen molar-refractivity contribution in [3.05, 3.63) is 18.0 Å². The average molecular weight is 305 g/mol. The van der Waals surface area contributed by atoms with E-state index in [1.165, 1.54) is 0 Å². The minimum atomic E-state index is -0.292. The predicted octanol–water partition coefficient (Wildman–Crippen LogP) is -0.410. The normalized spacial score (nSPS) is 25.9. The number of nitrogens with one attached hydrogen (secondary N) is 1. The van der Waals surface area contributed by atoms with E-state index in [1.807, 2.05) is 24.3 Å². The van der Waals surface area contributed by atoms with Crippen LogP contribution in [0.3, 0.4) is 0 Å². The average Bonchev–Trinajstić information content (AvgIpc) is 3.16. The summed E-state index contributed by atoms with van der Waals surface area (Å²) in [5.74, 6) is 0.276. The summed E-state index contributed by atoms with van der Waals surface area (Å²) in [6.07, 6.45) is 6.51. The van der Waals surface area contributed by atoms with E-state index < -0.39 is 0 Å². The third-order valence-corrected chi connectivity index (χ3v) is 4.59. The zero-order valence-corrected chi connectivity index (χ0v) is 12.9. The van der Waals surface area contributed by atoms with Crippen LogP contribution >= 0.6 is 0 Å². The van der Waals surface area contributed by atoms with Crippen LogP contribution in [0.2, 0.25) is 0 Å². The van der Waals surface area contributed by atoms with Crippen molar-refractivity contribution >= 4 is 11.8 Å². The highest BCUT2D eigenvalue weighted by Gasteiger charge is 2.45. The molecule has 1 aliphatic carbocycles. The van der Waals surface area contributed by atoms with Gasteiger partial charge >= 0.3 is 0 Å². The van der Waals surface area contributed by atoms with Crippen molar-refractivity contribution in [2.45, 2.75) is 31.2 Å². The molecule has 2 amide bonds. The number of amides is 2. The molecule has 0 radical (unpaired) electrons. The number of nitrogens with zero attached hydrogens (tertiary/aromatic N) is 3. The first-order chi connectivity index (χ1) is 10.5. The second-order valence-corrected chi connectivity index (χ2v) is 6.42. The molecule has 1 saturated heterocycles. The number of primary amides is 1. The lowest BCUT2D eigenvalue weighted by molar-refractivity contribution is -0.124. The van der Waals surface area contributed by atoms with E-state index in [0.717, 1.165) is 37.9 Å². The Morgan fingerprint density at radius 2 is 2.14 bits per heavy atom. The zero-order valence-electron chi connectivity index (χ0n) is 12.9. The first kappa shape index (κ1) is 15.0. The molecular weight excluding hydrogens is 282 g/mol. The van der Waals surface area contributed by atoms with E-state index in [9.17, 15) is 9.59 Å². The zero-order chi connectivity index (χ0) is 15.7. The fourth-order valence-corrected chi connectivity index (χ4v) is 3.25. The van der Waals surface area contributed by atoms with Crippen molar-refractivity contribution in [1.82, 2.24) is 20.0 Å². The topological polar surface area (TPSA) is 93.3 Å². The van der Waals surface area contributed by atoms with E-state index in [1.54, 1.807) is 4.68 Å². The summed E-state index contributed by atoms with van der Waals surface area (Å²) in [7, 11) is 1.89. The van der Waals surface area contributed by atoms with Crippen molar-refractivity contribution in [3.8, 4) is 0 Å². The Morgan fingerprint density at radius 1 is 1.41 bits per heavy atom. The molecule has 2 atom stereocenters. The van der Waals surface area contributed by atoms with Gasteiger partial charge in [0.05, 0.1) is 12.7 Å². The predicted molar refractivity (Wildman–Crippen MR) is 80.9 cm³/mol. The van der Waals surface area contributed by atoms with Gasteiger partial charge in [-0.15, -0.1) is 0 Å². The number of rotatable bonds is 5. The number of hydrogen-bond donors (Lipinski definition) is 2. The van der Waals surface area contributed by atoms with Crippen LogP contribution in [0.15, 0.2) is 12.4 Å². The Morgan fingerprint density at radius 3 is 2.73 bits per heavy atom. The van der Waals surface area contributed by atoms with Gasteiger partial charge in [-0.3, -0.25) is 19.2 Å². The van der Waals surface area contributed by atoms with Crippen LogP contribution in [-0.4, -0.2) is 52.2 Å². The molecule has 0 bridgehead atoms. The van der Waals surface area contributed by atoms with Crippen LogP contribution in [0, 0.1) is 5.92 Å². The highest BCUT2D eigenvalue weighted by Crippen LogP contribution is 2.47. The maximum Gasteiger partial charge on any atom is 0.231 e. The van der Waals surface area contributed by atoms with Gasteiger partial charge in [0, 0.05) is 38.3 Å². The lowest BCUT2D eigenvalue weighted by Crippen LogP contribution is -2.47. The van der Waals surface area contributed by atoms with Crippen molar-refractivity contribution in [1.29, 1.82) is 0 Å². The van der Waals surface area contributed by atoms with E-state index in [4.69, 9.17) is 5.73 Å². The Bertz CT molecular complexity index is 562. The Balaban J connectivity index is 1.43. The maximum absolute atomic E-state index is 12.3. The van der Waals surface area contributed by atoms with E-state index in [-0.39, 0.29) is 23.8 Å². The molecule has 0 spiro atoms. The SMILES string of the molecule is Cn1cc(C2CC2C(=O)NC2CCN(CC(N)=O)CC2)cn1. The summed E-state index contributed by atoms with van der Waals surface area (Å²) in [6, 6.07) is 0.215. The molecule has 2 aliphatic rings. The molecule has 1 aliphatic heterocycles. The number of aryl methyl sites for hydroxylation is 1. The first-order valence-electron chi connectivity index (χ1n) is 7.82. The van der Waals surface area contributed by atoms with Gasteiger partial charge in [-0.1, -0.05) is 0 Å². The number of aromatic nitrogens is 2. The molecule has 1 aromatic heterocycles. The summed E-state index contributed by atoms with van der Waals surface area (Å²) in [6.45, 7) is 1.93. The van der Waals surface area contributed by atoms with Gasteiger partial charge in [-0.05, 0) is 30.7 Å². The fraction of sp³-hybridized carbons (Fsp3) is 0.667. The first-order valence-corrected chi connectivity index (χ1v) is 7.82. The minimum absolute atomic E-state index is 0.0906. The second kappa shape index (κ2) is 6.08. The lowest BCUT2D eigenvalue weighted by Gasteiger charge is -2.31. The van der Waals surface area contributed by atoms with E-state index >= 15 is 0 Å². The van der Waals surface area contributed by atoms with Crippen LogP contribution in [0.25, 0.3) is 0 Å². The Kier molecular flexibility index (Phi) is 4.15. The van der Waals surface area contributed by atoms with Crippen LogP contribution in [-0.2, 0) is 16.6 Å². The third-order valence-electron chi connectivity index (χ3n) is 4.59. The van der Waals surface area contributed by atoms with Gasteiger partial charge in [0.1, 0.15) is 0 Å². The van der Waals surface area contributed by atoms with Crippen LogP contribution in [0.5, 0.6) is 0 Å². The maximum atomic E-state index is 12.3. The molecule has 0 aromatic carbocycles. The van der Waals surface area contributed by atoms with Crippen molar-refractivity contribution in [2.75, 3.05) is 19.6 Å². The summed E-state index contributed by atoms with van der Waals surface area (Å²) in [5, 5.41) is 7.31. The van der Waals surface area contributed by atoms with Crippen LogP contribution < -0.4 is 11.1 Å². The highest BCUT2D eigenvalue weighted by atomic mass is 16.2. The van der Waals surface area contributed by atoms with Gasteiger partial charge in [0.15, 0.2) is 0 Å². The lowest BCUT2D eigenvalue weighted by atomic mass is 10.0. The summed E-state index contributed by atoms with van der Waals surface area (Å²) < 4.78 is 1.77. The molecular formula is C15H23N5O2. The van der Waals surface area contributed by atoms with Crippen molar-refractivity contribution < 1.29 is 9.59 Å². The van der Waals surface area contributed by atoms with Crippen molar-refractivity contribution in [2.24, 2.45) is 18.7 Å². The van der Waals surface area contributed by atoms with Crippen LogP contribution in [0.4, 0.5) is 0 Å². The summed E-state index contributed by atoms with van der Waals surface area (Å²) >= 11 is 0. The third kappa shape index (κ3) is 3.47. The largest absolute Gasteiger partial charge is 0.369 e. The molecule has 2 unspecified atom stereocenters. The smallest absolute Gasteiger partial charge is 0.231 e. The highest BCUT2D eigenvalue weighted by molar-refractivity contribution is 5.83. The molecule has 2 heterocycles. The summed E-state index contributed by atoms with van der Waals surface area (Å²) in [4.78, 5) is 25.2. The molecule has 22 heavy (non-hydrogen) atoms. The van der Waals surface area contributed by atoms with Gasteiger partial charge in [-0.2, -0.15) is 5.10 Å². The van der Waals surface area contributed by atoms with Crippen LogP contribution in [0.1, 0.15) is 30.7 Å². The number of nitrogens with two attached hydrogens (primary N) is 1. The minimum Gasteiger partial charge on any atom is -0.369 e. The standard InChI is InChI=1S/C15H23N5O2/c1-19-8-10(7-17-19)12-6-13(12)15(22)18-11-2-4-20(5-3-11)9-14(16)21/h7-8,11-13H,2-6,9H2,1H3,(H2,16,21)(H,18,22). The number of piperidine rings is 1. The number of carbonyl (C=O) groups is 2. The Hall–Kier alpha value is -1.89. The van der Waals surface area contributed by atoms with Gasteiger partial charge < -0.3 is 11.1 Å². The number of carbonyl (C=O) groups excluding carboxylic acids is 2. The fourth-order valence-electron chi connectivity index (χ4n) is 3.25. The van der Waals surface area contributed by atoms with Gasteiger partial charge in [-0.25, -0.2) is 0 Å². The van der Waals surface area contributed by atoms with Crippen molar-refractivity contribution in [3.63, 3.8) is 0 Å². The molecule has 120 valence electrons. The molecule has 1 saturated carbocycles.